The van der Waals surface area contributed by atoms with Crippen molar-refractivity contribution in [2.75, 3.05) is 13.1 Å². The summed E-state index contributed by atoms with van der Waals surface area (Å²) in [6, 6.07) is 0. The molecule has 0 spiro atoms. The number of nitrogens with one attached hydrogen (secondary N) is 1. The second-order valence-electron chi connectivity index (χ2n) is 9.45. The van der Waals surface area contributed by atoms with Gasteiger partial charge in [-0.1, -0.05) is 85.0 Å². The third-order valence-electron chi connectivity index (χ3n) is 7.51. The molecule has 1 N–H and O–H groups in total. The maximum absolute atomic E-state index is 3.64. The van der Waals surface area contributed by atoms with Gasteiger partial charge in [0.05, 0.1) is 0 Å². The number of fused-ring (bicyclic) bond motifs is 2. The fourth-order valence-electron chi connectivity index (χ4n) is 5.84. The maximum Gasteiger partial charge on any atom is -0.00205 e. The minimum atomic E-state index is 0.949. The van der Waals surface area contributed by atoms with Crippen LogP contribution < -0.4 is 5.32 Å². The molecule has 1 heteroatoms. The minimum absolute atomic E-state index is 0.949. The molecular weight excluding hydrogens is 302 g/mol. The molecule has 2 bridgehead atoms. The molecule has 0 aromatic rings. The molecule has 148 valence electrons. The van der Waals surface area contributed by atoms with E-state index < -0.39 is 0 Å². The van der Waals surface area contributed by atoms with Crippen molar-refractivity contribution in [3.63, 3.8) is 0 Å². The van der Waals surface area contributed by atoms with E-state index in [1.165, 1.54) is 90.0 Å². The van der Waals surface area contributed by atoms with Crippen molar-refractivity contribution >= 4 is 0 Å². The molecule has 25 heavy (non-hydrogen) atoms. The zero-order chi connectivity index (χ0) is 17.9. The van der Waals surface area contributed by atoms with Crippen LogP contribution in [0.4, 0.5) is 0 Å². The summed E-state index contributed by atoms with van der Waals surface area (Å²) in [5.74, 6) is 5.03. The molecule has 2 rings (SSSR count). The van der Waals surface area contributed by atoms with E-state index in [9.17, 15) is 0 Å². The Morgan fingerprint density at radius 3 is 1.72 bits per heavy atom. The third-order valence-corrected chi connectivity index (χ3v) is 7.51. The van der Waals surface area contributed by atoms with E-state index in [0.29, 0.717) is 0 Å². The summed E-state index contributed by atoms with van der Waals surface area (Å²) in [4.78, 5) is 0. The molecule has 0 aromatic heterocycles. The van der Waals surface area contributed by atoms with E-state index >= 15 is 0 Å². The minimum Gasteiger partial charge on any atom is -0.317 e. The molecular formula is C24H47N. The molecule has 5 atom stereocenters. The fourth-order valence-corrected chi connectivity index (χ4v) is 5.84. The lowest BCUT2D eigenvalue weighted by molar-refractivity contribution is 0.202. The molecule has 2 saturated carbocycles. The first-order chi connectivity index (χ1) is 12.2. The zero-order valence-electron chi connectivity index (χ0n) is 17.7. The van der Waals surface area contributed by atoms with Crippen LogP contribution in [0, 0.1) is 29.6 Å². The van der Waals surface area contributed by atoms with Gasteiger partial charge in [-0.05, 0) is 68.4 Å². The monoisotopic (exact) mass is 349 g/mol. The first-order valence-corrected chi connectivity index (χ1v) is 12.0. The normalized spacial score (nSPS) is 35.9. The Hall–Kier alpha value is -0.0400. The molecule has 2 aliphatic carbocycles. The van der Waals surface area contributed by atoms with Gasteiger partial charge in [0.25, 0.3) is 0 Å². The summed E-state index contributed by atoms with van der Waals surface area (Å²) in [5.41, 5.74) is 0. The SMILES string of the molecule is CCNCC1CCCC2CCCC(CC)CC(CC)CCCC(C2)C1. The standard InChI is InChI=1S/C24H47N/c1-4-20-10-7-12-22-13-9-15-24(19-25-6-3)18-23(17-22)14-8-11-21(5-2)16-20/h20-25H,4-19H2,1-3H3. The molecule has 0 radical (unpaired) electrons. The summed E-state index contributed by atoms with van der Waals surface area (Å²) >= 11 is 0. The van der Waals surface area contributed by atoms with Crippen LogP contribution in [0.2, 0.25) is 0 Å². The van der Waals surface area contributed by atoms with Crippen LogP contribution in [0.1, 0.15) is 111 Å². The lowest BCUT2D eigenvalue weighted by Gasteiger charge is -2.32. The molecule has 0 saturated heterocycles. The van der Waals surface area contributed by atoms with Crippen LogP contribution in [0.5, 0.6) is 0 Å². The van der Waals surface area contributed by atoms with E-state index in [1.807, 2.05) is 0 Å². The topological polar surface area (TPSA) is 12.0 Å². The van der Waals surface area contributed by atoms with Gasteiger partial charge in [0, 0.05) is 0 Å². The fraction of sp³-hybridized carbons (Fsp3) is 1.00. The molecule has 2 aliphatic rings. The Labute approximate surface area is 159 Å². The summed E-state index contributed by atoms with van der Waals surface area (Å²) in [6.45, 7) is 9.53. The van der Waals surface area contributed by atoms with Gasteiger partial charge in [-0.2, -0.15) is 0 Å². The molecule has 2 fully saturated rings. The first-order valence-electron chi connectivity index (χ1n) is 12.0. The van der Waals surface area contributed by atoms with Crippen molar-refractivity contribution in [1.82, 2.24) is 5.32 Å². The predicted octanol–water partition coefficient (Wildman–Crippen LogP) is 7.21. The predicted molar refractivity (Wildman–Crippen MR) is 112 cm³/mol. The van der Waals surface area contributed by atoms with Crippen molar-refractivity contribution < 1.29 is 0 Å². The van der Waals surface area contributed by atoms with Gasteiger partial charge < -0.3 is 5.32 Å². The van der Waals surface area contributed by atoms with Crippen LogP contribution in [0.15, 0.2) is 0 Å². The first kappa shape index (κ1) is 21.3. The Morgan fingerprint density at radius 2 is 1.16 bits per heavy atom. The van der Waals surface area contributed by atoms with E-state index in [-0.39, 0.29) is 0 Å². The van der Waals surface area contributed by atoms with E-state index in [0.717, 1.165) is 36.1 Å². The van der Waals surface area contributed by atoms with Crippen LogP contribution in [0.3, 0.4) is 0 Å². The van der Waals surface area contributed by atoms with Gasteiger partial charge in [0.2, 0.25) is 0 Å². The van der Waals surface area contributed by atoms with Crippen LogP contribution in [0.25, 0.3) is 0 Å². The maximum atomic E-state index is 3.64. The average molecular weight is 350 g/mol. The third kappa shape index (κ3) is 8.02. The Kier molecular flexibility index (Phi) is 10.5. The van der Waals surface area contributed by atoms with Crippen molar-refractivity contribution in [2.24, 2.45) is 29.6 Å². The largest absolute Gasteiger partial charge is 0.317 e. The molecule has 0 aliphatic heterocycles. The van der Waals surface area contributed by atoms with Gasteiger partial charge in [0.15, 0.2) is 0 Å². The van der Waals surface area contributed by atoms with Crippen LogP contribution in [-0.2, 0) is 0 Å². The highest BCUT2D eigenvalue weighted by molar-refractivity contribution is 4.78. The Bertz CT molecular complexity index is 326. The lowest BCUT2D eigenvalue weighted by atomic mass is 9.74. The van der Waals surface area contributed by atoms with Gasteiger partial charge in [0.1, 0.15) is 0 Å². The molecule has 0 aromatic carbocycles. The van der Waals surface area contributed by atoms with Crippen molar-refractivity contribution in [3.8, 4) is 0 Å². The Morgan fingerprint density at radius 1 is 0.600 bits per heavy atom. The van der Waals surface area contributed by atoms with Gasteiger partial charge in [-0.15, -0.1) is 0 Å². The zero-order valence-corrected chi connectivity index (χ0v) is 17.7. The summed E-state index contributed by atoms with van der Waals surface area (Å²) in [7, 11) is 0. The Balaban J connectivity index is 1.95. The lowest BCUT2D eigenvalue weighted by Crippen LogP contribution is -2.27. The summed E-state index contributed by atoms with van der Waals surface area (Å²) < 4.78 is 0. The molecule has 0 amide bonds. The summed E-state index contributed by atoms with van der Waals surface area (Å²) in [5, 5.41) is 3.64. The number of hydrogen-bond donors (Lipinski definition) is 1. The highest BCUT2D eigenvalue weighted by Crippen LogP contribution is 2.37. The average Bonchev–Trinajstić information content (AvgIpc) is 2.59. The number of hydrogen-bond acceptors (Lipinski definition) is 1. The molecule has 0 heterocycles. The van der Waals surface area contributed by atoms with Crippen molar-refractivity contribution in [2.45, 2.75) is 111 Å². The van der Waals surface area contributed by atoms with E-state index in [4.69, 9.17) is 0 Å². The quantitative estimate of drug-likeness (QED) is 0.553. The molecule has 1 nitrogen and oxygen atoms in total. The van der Waals surface area contributed by atoms with Crippen LogP contribution >= 0.6 is 0 Å². The number of rotatable bonds is 5. The van der Waals surface area contributed by atoms with Gasteiger partial charge in [-0.3, -0.25) is 0 Å². The van der Waals surface area contributed by atoms with Crippen LogP contribution in [-0.4, -0.2) is 13.1 Å². The smallest absolute Gasteiger partial charge is 0.00205 e. The van der Waals surface area contributed by atoms with Crippen molar-refractivity contribution in [1.29, 1.82) is 0 Å². The highest BCUT2D eigenvalue weighted by Gasteiger charge is 2.25. The van der Waals surface area contributed by atoms with Crippen molar-refractivity contribution in [3.05, 3.63) is 0 Å². The van der Waals surface area contributed by atoms with E-state index in [2.05, 4.69) is 26.1 Å². The highest BCUT2D eigenvalue weighted by atomic mass is 14.8. The summed E-state index contributed by atoms with van der Waals surface area (Å²) in [6.07, 6.45) is 21.0. The second-order valence-corrected chi connectivity index (χ2v) is 9.45. The molecule has 5 unspecified atom stereocenters. The van der Waals surface area contributed by atoms with E-state index in [1.54, 1.807) is 6.42 Å². The van der Waals surface area contributed by atoms with Gasteiger partial charge >= 0.3 is 0 Å². The second kappa shape index (κ2) is 12.4. The van der Waals surface area contributed by atoms with Gasteiger partial charge in [-0.25, -0.2) is 0 Å².